The lowest BCUT2D eigenvalue weighted by molar-refractivity contribution is 0.243. The van der Waals surface area contributed by atoms with E-state index in [2.05, 4.69) is 18.1 Å². The summed E-state index contributed by atoms with van der Waals surface area (Å²) in [5.74, 6) is 1.47. The van der Waals surface area contributed by atoms with E-state index in [1.807, 2.05) is 18.7 Å². The molecule has 0 aliphatic heterocycles. The third-order valence-corrected chi connectivity index (χ3v) is 3.86. The third-order valence-electron chi connectivity index (χ3n) is 3.86. The molecule has 1 fully saturated rings. The molecule has 3 nitrogen and oxygen atoms in total. The van der Waals surface area contributed by atoms with Gasteiger partial charge in [-0.2, -0.15) is 5.10 Å². The van der Waals surface area contributed by atoms with Gasteiger partial charge in [0, 0.05) is 13.1 Å². The van der Waals surface area contributed by atoms with Crippen LogP contribution in [0, 0.1) is 18.8 Å². The van der Waals surface area contributed by atoms with E-state index in [0.29, 0.717) is 5.92 Å². The second-order valence-corrected chi connectivity index (χ2v) is 5.39. The van der Waals surface area contributed by atoms with Gasteiger partial charge in [0.15, 0.2) is 0 Å². The first-order valence-corrected chi connectivity index (χ1v) is 6.34. The second kappa shape index (κ2) is 4.58. The maximum Gasteiger partial charge on any atom is 0.0597 e. The summed E-state index contributed by atoms with van der Waals surface area (Å²) in [6.45, 7) is 4.37. The molecule has 3 unspecified atom stereocenters. The van der Waals surface area contributed by atoms with E-state index in [1.165, 1.54) is 31.4 Å². The van der Waals surface area contributed by atoms with Crippen LogP contribution in [0.3, 0.4) is 0 Å². The molecule has 0 aromatic carbocycles. The molecule has 1 aliphatic carbocycles. The van der Waals surface area contributed by atoms with Gasteiger partial charge in [-0.05, 0) is 37.7 Å². The molecule has 2 rings (SSSR count). The quantitative estimate of drug-likeness (QED) is 0.834. The van der Waals surface area contributed by atoms with Crippen molar-refractivity contribution < 1.29 is 0 Å². The van der Waals surface area contributed by atoms with Crippen molar-refractivity contribution >= 4 is 0 Å². The van der Waals surface area contributed by atoms with E-state index < -0.39 is 0 Å². The van der Waals surface area contributed by atoms with Gasteiger partial charge in [0.05, 0.1) is 11.4 Å². The molecule has 1 aliphatic rings. The summed E-state index contributed by atoms with van der Waals surface area (Å²) in [6, 6.07) is 2.29. The average molecular weight is 221 g/mol. The van der Waals surface area contributed by atoms with Crippen LogP contribution in [0.1, 0.15) is 50.0 Å². The van der Waals surface area contributed by atoms with Crippen molar-refractivity contribution in [2.75, 3.05) is 0 Å². The zero-order chi connectivity index (χ0) is 11.7. The monoisotopic (exact) mass is 221 g/mol. The first kappa shape index (κ1) is 11.6. The normalized spacial score (nSPS) is 28.0. The van der Waals surface area contributed by atoms with Crippen LogP contribution in [-0.4, -0.2) is 9.78 Å². The molecule has 1 aromatic rings. The van der Waals surface area contributed by atoms with Crippen molar-refractivity contribution in [1.82, 2.24) is 9.78 Å². The molecular formula is C13H23N3. The molecular weight excluding hydrogens is 198 g/mol. The van der Waals surface area contributed by atoms with Gasteiger partial charge in [0.1, 0.15) is 0 Å². The van der Waals surface area contributed by atoms with Crippen LogP contribution in [0.15, 0.2) is 6.07 Å². The Bertz CT molecular complexity index is 356. The van der Waals surface area contributed by atoms with Crippen LogP contribution in [-0.2, 0) is 7.05 Å². The minimum atomic E-state index is 0.161. The molecule has 0 bridgehead atoms. The zero-order valence-corrected chi connectivity index (χ0v) is 10.6. The molecule has 0 spiro atoms. The van der Waals surface area contributed by atoms with Gasteiger partial charge in [-0.25, -0.2) is 0 Å². The number of aromatic nitrogens is 2. The topological polar surface area (TPSA) is 43.8 Å². The van der Waals surface area contributed by atoms with E-state index in [9.17, 15) is 0 Å². The number of nitrogens with zero attached hydrogens (tertiary/aromatic N) is 2. The van der Waals surface area contributed by atoms with Crippen LogP contribution in [0.4, 0.5) is 0 Å². The molecule has 0 amide bonds. The third kappa shape index (κ3) is 2.29. The lowest BCUT2D eigenvalue weighted by atomic mass is 9.78. The minimum Gasteiger partial charge on any atom is -0.322 e. The maximum absolute atomic E-state index is 6.39. The van der Waals surface area contributed by atoms with Crippen molar-refractivity contribution in [2.45, 2.75) is 45.6 Å². The number of hydrogen-bond donors (Lipinski definition) is 1. The predicted octanol–water partition coefficient (Wildman–Crippen LogP) is 2.55. The fourth-order valence-corrected chi connectivity index (χ4v) is 2.99. The van der Waals surface area contributed by atoms with E-state index in [-0.39, 0.29) is 6.04 Å². The van der Waals surface area contributed by atoms with Gasteiger partial charge in [0.25, 0.3) is 0 Å². The Balaban J connectivity index is 2.11. The Labute approximate surface area is 98.0 Å². The highest BCUT2D eigenvalue weighted by atomic mass is 15.3. The molecule has 0 radical (unpaired) electrons. The van der Waals surface area contributed by atoms with E-state index in [0.717, 1.165) is 11.6 Å². The number of hydrogen-bond acceptors (Lipinski definition) is 2. The van der Waals surface area contributed by atoms with Crippen molar-refractivity contribution in [3.8, 4) is 0 Å². The van der Waals surface area contributed by atoms with Gasteiger partial charge in [-0.1, -0.05) is 19.8 Å². The Morgan fingerprint density at radius 2 is 2.25 bits per heavy atom. The van der Waals surface area contributed by atoms with Crippen LogP contribution in [0.25, 0.3) is 0 Å². The van der Waals surface area contributed by atoms with Crippen LogP contribution in [0.2, 0.25) is 0 Å². The lowest BCUT2D eigenvalue weighted by Gasteiger charge is -2.31. The lowest BCUT2D eigenvalue weighted by Crippen LogP contribution is -2.27. The van der Waals surface area contributed by atoms with Gasteiger partial charge in [-0.3, -0.25) is 4.68 Å². The largest absolute Gasteiger partial charge is 0.322 e. The summed E-state index contributed by atoms with van der Waals surface area (Å²) >= 11 is 0. The smallest absolute Gasteiger partial charge is 0.0597 e. The summed E-state index contributed by atoms with van der Waals surface area (Å²) in [5.41, 5.74) is 8.64. The molecule has 1 aromatic heterocycles. The van der Waals surface area contributed by atoms with Crippen LogP contribution >= 0.6 is 0 Å². The highest BCUT2D eigenvalue weighted by Crippen LogP contribution is 2.35. The summed E-state index contributed by atoms with van der Waals surface area (Å²) in [7, 11) is 1.99. The summed E-state index contributed by atoms with van der Waals surface area (Å²) < 4.78 is 1.94. The Hall–Kier alpha value is -0.830. The van der Waals surface area contributed by atoms with Gasteiger partial charge in [0.2, 0.25) is 0 Å². The molecule has 2 N–H and O–H groups in total. The first-order chi connectivity index (χ1) is 7.58. The summed E-state index contributed by atoms with van der Waals surface area (Å²) in [6.07, 6.45) is 5.24. The SMILES string of the molecule is Cc1cc(C(N)C2CCCC(C)C2)n(C)n1. The Kier molecular flexibility index (Phi) is 3.33. The number of nitrogens with two attached hydrogens (primary N) is 1. The highest BCUT2D eigenvalue weighted by molar-refractivity contribution is 5.13. The van der Waals surface area contributed by atoms with Crippen molar-refractivity contribution in [1.29, 1.82) is 0 Å². The molecule has 90 valence electrons. The fraction of sp³-hybridized carbons (Fsp3) is 0.769. The summed E-state index contributed by atoms with van der Waals surface area (Å²) in [4.78, 5) is 0. The maximum atomic E-state index is 6.39. The van der Waals surface area contributed by atoms with Crippen molar-refractivity contribution in [3.05, 3.63) is 17.5 Å². The Morgan fingerprint density at radius 1 is 1.50 bits per heavy atom. The summed E-state index contributed by atoms with van der Waals surface area (Å²) in [5, 5.41) is 4.38. The van der Waals surface area contributed by atoms with E-state index >= 15 is 0 Å². The fourth-order valence-electron chi connectivity index (χ4n) is 2.99. The second-order valence-electron chi connectivity index (χ2n) is 5.39. The minimum absolute atomic E-state index is 0.161. The molecule has 3 heteroatoms. The van der Waals surface area contributed by atoms with Crippen molar-refractivity contribution in [2.24, 2.45) is 24.6 Å². The van der Waals surface area contributed by atoms with Crippen LogP contribution in [0.5, 0.6) is 0 Å². The van der Waals surface area contributed by atoms with Gasteiger partial charge >= 0.3 is 0 Å². The molecule has 1 saturated carbocycles. The van der Waals surface area contributed by atoms with Gasteiger partial charge < -0.3 is 5.73 Å². The predicted molar refractivity (Wildman–Crippen MR) is 66.0 cm³/mol. The highest BCUT2D eigenvalue weighted by Gasteiger charge is 2.27. The molecule has 0 saturated heterocycles. The van der Waals surface area contributed by atoms with Crippen LogP contribution < -0.4 is 5.73 Å². The standard InChI is InChI=1S/C13H23N3/c1-9-5-4-6-11(7-9)13(14)12-8-10(2)15-16(12)3/h8-9,11,13H,4-7,14H2,1-3H3. The number of aryl methyl sites for hydroxylation is 2. The number of rotatable bonds is 2. The van der Waals surface area contributed by atoms with Gasteiger partial charge in [-0.15, -0.1) is 0 Å². The first-order valence-electron chi connectivity index (χ1n) is 6.34. The van der Waals surface area contributed by atoms with E-state index in [4.69, 9.17) is 5.73 Å². The molecule has 1 heterocycles. The molecule has 3 atom stereocenters. The average Bonchev–Trinajstić information content (AvgIpc) is 2.57. The van der Waals surface area contributed by atoms with Crippen molar-refractivity contribution in [3.63, 3.8) is 0 Å². The molecule has 16 heavy (non-hydrogen) atoms. The Morgan fingerprint density at radius 3 is 2.81 bits per heavy atom. The van der Waals surface area contributed by atoms with E-state index in [1.54, 1.807) is 0 Å². The zero-order valence-electron chi connectivity index (χ0n) is 10.6.